The Bertz CT molecular complexity index is 269. The molecule has 0 aromatic heterocycles. The lowest BCUT2D eigenvalue weighted by molar-refractivity contribution is -0.138. The molecule has 0 aliphatic carbocycles. The van der Waals surface area contributed by atoms with Gasteiger partial charge in [-0.1, -0.05) is 0 Å². The summed E-state index contributed by atoms with van der Waals surface area (Å²) in [4.78, 5) is 21.9. The highest BCUT2D eigenvalue weighted by atomic mass is 32.2. The number of ether oxygens (including phenoxy) is 1. The maximum atomic E-state index is 11.5. The average molecular weight is 262 g/mol. The van der Waals surface area contributed by atoms with Crippen molar-refractivity contribution >= 4 is 23.6 Å². The molecule has 6 nitrogen and oxygen atoms in total. The molecule has 1 aliphatic rings. The zero-order valence-electron chi connectivity index (χ0n) is 9.55. The highest BCUT2D eigenvalue weighted by Gasteiger charge is 2.17. The predicted octanol–water partition coefficient (Wildman–Crippen LogP) is -0.573. The molecule has 7 heteroatoms. The second-order valence-corrected chi connectivity index (χ2v) is 4.94. The number of amides is 1. The minimum atomic E-state index is -1.04. The number of hydrogen-bond donors (Lipinski definition) is 3. The fraction of sp³-hybridized carbons (Fsp3) is 0.800. The second kappa shape index (κ2) is 7.52. The lowest BCUT2D eigenvalue weighted by Gasteiger charge is -2.23. The highest BCUT2D eigenvalue weighted by molar-refractivity contribution is 8.00. The van der Waals surface area contributed by atoms with Gasteiger partial charge < -0.3 is 20.9 Å². The van der Waals surface area contributed by atoms with Gasteiger partial charge in [0.2, 0.25) is 5.91 Å². The van der Waals surface area contributed by atoms with Gasteiger partial charge in [-0.05, 0) is 12.8 Å². The zero-order chi connectivity index (χ0) is 12.7. The van der Waals surface area contributed by atoms with E-state index in [1.807, 2.05) is 0 Å². The molecule has 98 valence electrons. The van der Waals surface area contributed by atoms with Crippen LogP contribution in [0.25, 0.3) is 0 Å². The summed E-state index contributed by atoms with van der Waals surface area (Å²) in [6.45, 7) is 1.37. The summed E-state index contributed by atoms with van der Waals surface area (Å²) in [6, 6.07) is -0.721. The Hall–Kier alpha value is -0.790. The molecule has 0 spiro atoms. The Labute approximate surface area is 104 Å². The molecule has 1 amide bonds. The molecule has 0 aromatic carbocycles. The van der Waals surface area contributed by atoms with Crippen molar-refractivity contribution in [3.8, 4) is 0 Å². The maximum Gasteiger partial charge on any atom is 0.321 e. The monoisotopic (exact) mass is 262 g/mol. The van der Waals surface area contributed by atoms with Crippen LogP contribution < -0.4 is 11.1 Å². The first-order valence-electron chi connectivity index (χ1n) is 5.53. The predicted molar refractivity (Wildman–Crippen MR) is 64.9 cm³/mol. The standard InChI is InChI=1S/C10H18N2O4S/c11-8(10(14)15)5-17-6-9(13)12-7-1-3-16-4-2-7/h7-8H,1-6,11H2,(H,12,13)(H,14,15)/t8-/m1/s1. The van der Waals surface area contributed by atoms with Crippen LogP contribution in [0.4, 0.5) is 0 Å². The van der Waals surface area contributed by atoms with Gasteiger partial charge in [-0.2, -0.15) is 0 Å². The normalized spacial score (nSPS) is 18.6. The van der Waals surface area contributed by atoms with Gasteiger partial charge in [0, 0.05) is 25.0 Å². The molecule has 0 aromatic rings. The minimum absolute atomic E-state index is 0.0699. The number of rotatable bonds is 6. The molecule has 4 N–H and O–H groups in total. The number of carbonyl (C=O) groups excluding carboxylic acids is 1. The quantitative estimate of drug-likeness (QED) is 0.592. The first-order chi connectivity index (χ1) is 8.09. The summed E-state index contributed by atoms with van der Waals surface area (Å²) in [7, 11) is 0. The molecule has 0 bridgehead atoms. The molecular weight excluding hydrogens is 244 g/mol. The topological polar surface area (TPSA) is 102 Å². The van der Waals surface area contributed by atoms with E-state index >= 15 is 0 Å². The van der Waals surface area contributed by atoms with Gasteiger partial charge in [0.25, 0.3) is 0 Å². The fourth-order valence-corrected chi connectivity index (χ4v) is 2.24. The molecule has 1 atom stereocenters. The van der Waals surface area contributed by atoms with Crippen molar-refractivity contribution in [2.45, 2.75) is 24.9 Å². The van der Waals surface area contributed by atoms with Crippen LogP contribution in [0.3, 0.4) is 0 Å². The average Bonchev–Trinajstić information content (AvgIpc) is 2.30. The molecule has 1 rings (SSSR count). The molecule has 0 radical (unpaired) electrons. The number of aliphatic carboxylic acids is 1. The molecule has 0 unspecified atom stereocenters. The largest absolute Gasteiger partial charge is 0.480 e. The number of hydrogen-bond acceptors (Lipinski definition) is 5. The van der Waals surface area contributed by atoms with Crippen LogP contribution >= 0.6 is 11.8 Å². The van der Waals surface area contributed by atoms with E-state index in [-0.39, 0.29) is 23.5 Å². The van der Waals surface area contributed by atoms with Crippen molar-refractivity contribution in [3.63, 3.8) is 0 Å². The Morgan fingerprint density at radius 2 is 2.12 bits per heavy atom. The van der Waals surface area contributed by atoms with Gasteiger partial charge in [0.05, 0.1) is 5.75 Å². The Kier molecular flexibility index (Phi) is 6.31. The van der Waals surface area contributed by atoms with Crippen molar-refractivity contribution in [1.29, 1.82) is 0 Å². The maximum absolute atomic E-state index is 11.5. The number of carboxylic acids is 1. The van der Waals surface area contributed by atoms with E-state index in [1.165, 1.54) is 11.8 Å². The van der Waals surface area contributed by atoms with E-state index in [1.54, 1.807) is 0 Å². The van der Waals surface area contributed by atoms with Crippen LogP contribution in [0.5, 0.6) is 0 Å². The number of carboxylic acid groups (broad SMARTS) is 1. The van der Waals surface area contributed by atoms with Gasteiger partial charge in [-0.3, -0.25) is 9.59 Å². The molecular formula is C10H18N2O4S. The van der Waals surface area contributed by atoms with E-state index in [9.17, 15) is 9.59 Å². The third-order valence-electron chi connectivity index (χ3n) is 2.43. The number of nitrogens with one attached hydrogen (secondary N) is 1. The van der Waals surface area contributed by atoms with Crippen molar-refractivity contribution < 1.29 is 19.4 Å². The number of nitrogens with two attached hydrogens (primary N) is 1. The van der Waals surface area contributed by atoms with Gasteiger partial charge in [-0.25, -0.2) is 0 Å². The van der Waals surface area contributed by atoms with Crippen LogP contribution in [0.1, 0.15) is 12.8 Å². The van der Waals surface area contributed by atoms with Crippen molar-refractivity contribution in [2.24, 2.45) is 5.73 Å². The summed E-state index contributed by atoms with van der Waals surface area (Å²) in [5.74, 6) is -0.615. The molecule has 1 saturated heterocycles. The smallest absolute Gasteiger partial charge is 0.321 e. The second-order valence-electron chi connectivity index (χ2n) is 3.91. The van der Waals surface area contributed by atoms with Gasteiger partial charge in [0.15, 0.2) is 0 Å². The molecule has 1 fully saturated rings. The Balaban J connectivity index is 2.10. The van der Waals surface area contributed by atoms with Gasteiger partial charge in [-0.15, -0.1) is 11.8 Å². The Morgan fingerprint density at radius 1 is 1.47 bits per heavy atom. The zero-order valence-corrected chi connectivity index (χ0v) is 10.4. The highest BCUT2D eigenvalue weighted by Crippen LogP contribution is 2.07. The summed E-state index contributed by atoms with van der Waals surface area (Å²) >= 11 is 1.24. The van der Waals surface area contributed by atoms with Gasteiger partial charge in [0.1, 0.15) is 6.04 Å². The van der Waals surface area contributed by atoms with Crippen molar-refractivity contribution in [1.82, 2.24) is 5.32 Å². The lowest BCUT2D eigenvalue weighted by atomic mass is 10.1. The summed E-state index contributed by atoms with van der Waals surface area (Å²) < 4.78 is 5.18. The van der Waals surface area contributed by atoms with Crippen LogP contribution in [0.15, 0.2) is 0 Å². The van der Waals surface area contributed by atoms with Crippen LogP contribution in [0, 0.1) is 0 Å². The molecule has 0 saturated carbocycles. The van der Waals surface area contributed by atoms with E-state index in [0.717, 1.165) is 12.8 Å². The first kappa shape index (κ1) is 14.3. The van der Waals surface area contributed by atoms with E-state index in [4.69, 9.17) is 15.6 Å². The van der Waals surface area contributed by atoms with E-state index in [2.05, 4.69) is 5.32 Å². The van der Waals surface area contributed by atoms with Crippen LogP contribution in [-0.4, -0.2) is 53.8 Å². The fourth-order valence-electron chi connectivity index (χ4n) is 1.46. The van der Waals surface area contributed by atoms with Gasteiger partial charge >= 0.3 is 5.97 Å². The Morgan fingerprint density at radius 3 is 2.71 bits per heavy atom. The van der Waals surface area contributed by atoms with E-state index in [0.29, 0.717) is 13.2 Å². The summed E-state index contributed by atoms with van der Waals surface area (Å²) in [5.41, 5.74) is 5.32. The lowest BCUT2D eigenvalue weighted by Crippen LogP contribution is -2.40. The van der Waals surface area contributed by atoms with Crippen LogP contribution in [-0.2, 0) is 14.3 Å². The number of thioether (sulfide) groups is 1. The molecule has 1 aliphatic heterocycles. The third kappa shape index (κ3) is 5.90. The minimum Gasteiger partial charge on any atom is -0.480 e. The van der Waals surface area contributed by atoms with E-state index < -0.39 is 12.0 Å². The molecule has 1 heterocycles. The van der Waals surface area contributed by atoms with Crippen LogP contribution in [0.2, 0.25) is 0 Å². The molecule has 17 heavy (non-hydrogen) atoms. The SMILES string of the molecule is N[C@H](CSCC(=O)NC1CCOCC1)C(=O)O. The summed E-state index contributed by atoms with van der Waals surface area (Å²) in [6.07, 6.45) is 1.68. The first-order valence-corrected chi connectivity index (χ1v) is 6.68. The third-order valence-corrected chi connectivity index (χ3v) is 3.50. The van der Waals surface area contributed by atoms with Crippen molar-refractivity contribution in [3.05, 3.63) is 0 Å². The van der Waals surface area contributed by atoms with Crippen molar-refractivity contribution in [2.75, 3.05) is 24.7 Å². The summed E-state index contributed by atoms with van der Waals surface area (Å²) in [5, 5.41) is 11.4. The number of carbonyl (C=O) groups is 2.